The van der Waals surface area contributed by atoms with Gasteiger partial charge in [0.15, 0.2) is 5.96 Å². The third-order valence-corrected chi connectivity index (χ3v) is 3.98. The van der Waals surface area contributed by atoms with E-state index in [-0.39, 0.29) is 24.0 Å². The molecule has 1 saturated heterocycles. The Hall–Kier alpha value is -0.0400. The van der Waals surface area contributed by atoms with E-state index in [1.54, 1.807) is 0 Å². The van der Waals surface area contributed by atoms with Crippen molar-refractivity contribution in [2.24, 2.45) is 22.6 Å². The Kier molecular flexibility index (Phi) is 7.29. The maximum Gasteiger partial charge on any atom is 0.191 e. The van der Waals surface area contributed by atoms with Gasteiger partial charge in [-0.3, -0.25) is 4.99 Å². The minimum absolute atomic E-state index is 0. The number of morpholine rings is 1. The molecule has 2 N–H and O–H groups in total. The van der Waals surface area contributed by atoms with Crippen molar-refractivity contribution in [3.05, 3.63) is 0 Å². The fourth-order valence-corrected chi connectivity index (χ4v) is 2.63. The first kappa shape index (κ1) is 16.0. The monoisotopic (exact) mass is 367 g/mol. The summed E-state index contributed by atoms with van der Waals surface area (Å²) in [5.41, 5.74) is 6.01. The summed E-state index contributed by atoms with van der Waals surface area (Å²) in [4.78, 5) is 6.70. The molecule has 1 heterocycles. The zero-order valence-electron chi connectivity index (χ0n) is 11.3. The van der Waals surface area contributed by atoms with Crippen LogP contribution in [0, 0.1) is 11.8 Å². The first-order valence-corrected chi connectivity index (χ1v) is 6.88. The molecule has 18 heavy (non-hydrogen) atoms. The van der Waals surface area contributed by atoms with Crippen LogP contribution in [0.4, 0.5) is 0 Å². The quantitative estimate of drug-likeness (QED) is 0.462. The minimum atomic E-state index is 0. The molecular weight excluding hydrogens is 341 g/mol. The summed E-state index contributed by atoms with van der Waals surface area (Å²) in [7, 11) is 0. The number of aliphatic imine (C=N–C) groups is 1. The summed E-state index contributed by atoms with van der Waals surface area (Å²) >= 11 is 0. The van der Waals surface area contributed by atoms with Gasteiger partial charge < -0.3 is 15.4 Å². The van der Waals surface area contributed by atoms with Crippen LogP contribution in [-0.2, 0) is 4.74 Å². The van der Waals surface area contributed by atoms with Crippen molar-refractivity contribution in [2.45, 2.75) is 32.6 Å². The van der Waals surface area contributed by atoms with Crippen molar-refractivity contribution in [1.82, 2.24) is 4.90 Å². The van der Waals surface area contributed by atoms with E-state index in [9.17, 15) is 0 Å². The van der Waals surface area contributed by atoms with E-state index in [4.69, 9.17) is 10.5 Å². The number of nitrogens with two attached hydrogens (primary N) is 1. The molecule has 2 rings (SSSR count). The lowest BCUT2D eigenvalue weighted by Gasteiger charge is -2.29. The van der Waals surface area contributed by atoms with Gasteiger partial charge in [0.2, 0.25) is 0 Å². The molecule has 0 atom stereocenters. The molecule has 2 fully saturated rings. The first-order valence-electron chi connectivity index (χ1n) is 6.88. The van der Waals surface area contributed by atoms with E-state index in [1.165, 1.54) is 25.7 Å². The highest BCUT2D eigenvalue weighted by molar-refractivity contribution is 14.0. The summed E-state index contributed by atoms with van der Waals surface area (Å²) in [5, 5.41) is 0. The van der Waals surface area contributed by atoms with Gasteiger partial charge in [-0.2, -0.15) is 0 Å². The van der Waals surface area contributed by atoms with Gasteiger partial charge in [-0.15, -0.1) is 24.0 Å². The van der Waals surface area contributed by atoms with Crippen LogP contribution in [0.5, 0.6) is 0 Å². The SMILES string of the molecule is CC1CCC(CN=C(N)N2CCOCC2)CC1.I. The van der Waals surface area contributed by atoms with Crippen LogP contribution in [0.25, 0.3) is 0 Å². The van der Waals surface area contributed by atoms with Crippen molar-refractivity contribution >= 4 is 29.9 Å². The van der Waals surface area contributed by atoms with Crippen LogP contribution in [0.3, 0.4) is 0 Å². The molecule has 2 aliphatic rings. The number of rotatable bonds is 2. The van der Waals surface area contributed by atoms with Gasteiger partial charge in [0.1, 0.15) is 0 Å². The number of nitrogens with zero attached hydrogens (tertiary/aromatic N) is 2. The fourth-order valence-electron chi connectivity index (χ4n) is 2.63. The summed E-state index contributed by atoms with van der Waals surface area (Å²) in [5.74, 6) is 2.38. The summed E-state index contributed by atoms with van der Waals surface area (Å²) < 4.78 is 5.30. The van der Waals surface area contributed by atoms with E-state index in [1.807, 2.05) is 0 Å². The molecule has 1 aliphatic heterocycles. The molecule has 4 nitrogen and oxygen atoms in total. The van der Waals surface area contributed by atoms with Gasteiger partial charge in [-0.25, -0.2) is 0 Å². The smallest absolute Gasteiger partial charge is 0.191 e. The van der Waals surface area contributed by atoms with Crippen molar-refractivity contribution in [2.75, 3.05) is 32.8 Å². The average Bonchev–Trinajstić information content (AvgIpc) is 2.39. The molecule has 0 aromatic rings. The van der Waals surface area contributed by atoms with Gasteiger partial charge in [0, 0.05) is 19.6 Å². The van der Waals surface area contributed by atoms with Crippen LogP contribution >= 0.6 is 24.0 Å². The predicted molar refractivity (Wildman–Crippen MR) is 85.4 cm³/mol. The second-order valence-electron chi connectivity index (χ2n) is 5.42. The molecule has 0 bridgehead atoms. The zero-order chi connectivity index (χ0) is 12.1. The molecule has 0 unspecified atom stereocenters. The molecule has 0 aromatic heterocycles. The molecule has 0 amide bonds. The van der Waals surface area contributed by atoms with Crippen molar-refractivity contribution in [1.29, 1.82) is 0 Å². The third kappa shape index (κ3) is 4.91. The number of guanidine groups is 1. The normalized spacial score (nSPS) is 29.8. The molecule has 0 spiro atoms. The van der Waals surface area contributed by atoms with Crippen molar-refractivity contribution in [3.8, 4) is 0 Å². The van der Waals surface area contributed by atoms with Crippen LogP contribution in [0.2, 0.25) is 0 Å². The fraction of sp³-hybridized carbons (Fsp3) is 0.923. The minimum Gasteiger partial charge on any atom is -0.378 e. The lowest BCUT2D eigenvalue weighted by atomic mass is 9.83. The lowest BCUT2D eigenvalue weighted by Crippen LogP contribution is -2.45. The molecule has 106 valence electrons. The number of ether oxygens (including phenoxy) is 1. The van der Waals surface area contributed by atoms with Gasteiger partial charge in [0.05, 0.1) is 13.2 Å². The van der Waals surface area contributed by atoms with Crippen LogP contribution < -0.4 is 5.73 Å². The summed E-state index contributed by atoms with van der Waals surface area (Å²) in [6, 6.07) is 0. The van der Waals surface area contributed by atoms with Gasteiger partial charge in [-0.1, -0.05) is 19.8 Å². The van der Waals surface area contributed by atoms with Crippen LogP contribution in [0.15, 0.2) is 4.99 Å². The molecule has 0 radical (unpaired) electrons. The molecule has 0 aromatic carbocycles. The highest BCUT2D eigenvalue weighted by Crippen LogP contribution is 2.28. The van der Waals surface area contributed by atoms with E-state index in [2.05, 4.69) is 16.8 Å². The second-order valence-corrected chi connectivity index (χ2v) is 5.42. The highest BCUT2D eigenvalue weighted by atomic mass is 127. The molecular formula is C13H26IN3O. The van der Waals surface area contributed by atoms with Gasteiger partial charge in [-0.05, 0) is 24.7 Å². The standard InChI is InChI=1S/C13H25N3O.HI/c1-11-2-4-12(5-3-11)10-15-13(14)16-6-8-17-9-7-16;/h11-12H,2-10H2,1H3,(H2,14,15);1H. The van der Waals surface area contributed by atoms with Crippen LogP contribution in [0.1, 0.15) is 32.6 Å². The third-order valence-electron chi connectivity index (χ3n) is 3.98. The van der Waals surface area contributed by atoms with Gasteiger partial charge >= 0.3 is 0 Å². The maximum absolute atomic E-state index is 6.01. The Bertz CT molecular complexity index is 259. The Balaban J connectivity index is 0.00000162. The largest absolute Gasteiger partial charge is 0.378 e. The summed E-state index contributed by atoms with van der Waals surface area (Å²) in [6.07, 6.45) is 5.36. The zero-order valence-corrected chi connectivity index (χ0v) is 13.6. The Morgan fingerprint density at radius 3 is 2.44 bits per heavy atom. The maximum atomic E-state index is 6.01. The van der Waals surface area contributed by atoms with Crippen molar-refractivity contribution in [3.63, 3.8) is 0 Å². The Morgan fingerprint density at radius 1 is 1.22 bits per heavy atom. The van der Waals surface area contributed by atoms with Gasteiger partial charge in [0.25, 0.3) is 0 Å². The Labute approximate surface area is 127 Å². The van der Waals surface area contributed by atoms with Crippen LogP contribution in [-0.4, -0.2) is 43.7 Å². The van der Waals surface area contributed by atoms with E-state index in [0.29, 0.717) is 5.96 Å². The molecule has 1 saturated carbocycles. The topological polar surface area (TPSA) is 50.8 Å². The van der Waals surface area contributed by atoms with E-state index >= 15 is 0 Å². The molecule has 1 aliphatic carbocycles. The van der Waals surface area contributed by atoms with E-state index < -0.39 is 0 Å². The van der Waals surface area contributed by atoms with Crippen molar-refractivity contribution < 1.29 is 4.74 Å². The summed E-state index contributed by atoms with van der Waals surface area (Å²) in [6.45, 7) is 6.58. The number of hydrogen-bond acceptors (Lipinski definition) is 2. The Morgan fingerprint density at radius 2 is 1.83 bits per heavy atom. The highest BCUT2D eigenvalue weighted by Gasteiger charge is 2.18. The average molecular weight is 367 g/mol. The predicted octanol–water partition coefficient (Wildman–Crippen LogP) is 2.08. The molecule has 5 heteroatoms. The second kappa shape index (κ2) is 8.19. The van der Waals surface area contributed by atoms with E-state index in [0.717, 1.165) is 44.7 Å². The lowest BCUT2D eigenvalue weighted by molar-refractivity contribution is 0.0673. The number of hydrogen-bond donors (Lipinski definition) is 1. The first-order chi connectivity index (χ1) is 8.25. The number of halogens is 1.